The second kappa shape index (κ2) is 10.2. The van der Waals surface area contributed by atoms with Crippen LogP contribution < -0.4 is 5.73 Å². The molecule has 0 saturated heterocycles. The van der Waals surface area contributed by atoms with Crippen molar-refractivity contribution in [3.63, 3.8) is 0 Å². The fourth-order valence-corrected chi connectivity index (χ4v) is 3.43. The summed E-state index contributed by atoms with van der Waals surface area (Å²) in [6.45, 7) is 2.24. The van der Waals surface area contributed by atoms with Gasteiger partial charge in [0.05, 0.1) is 13.2 Å². The van der Waals surface area contributed by atoms with E-state index in [0.29, 0.717) is 13.0 Å². The van der Waals surface area contributed by atoms with Crippen LogP contribution in [0.4, 0.5) is 0 Å². The molecule has 0 heterocycles. The third-order valence-corrected chi connectivity index (χ3v) is 4.89. The van der Waals surface area contributed by atoms with Crippen LogP contribution in [0, 0.1) is 0 Å². The summed E-state index contributed by atoms with van der Waals surface area (Å²) in [4.78, 5) is 26.6. The molecule has 0 aromatic heterocycles. The highest BCUT2D eigenvalue weighted by Gasteiger charge is 2.30. The number of ether oxygens (including phenoxy) is 1. The number of benzene rings is 2. The van der Waals surface area contributed by atoms with E-state index in [9.17, 15) is 9.59 Å². The molecule has 2 aromatic carbocycles. The number of fused-ring (bicyclic) bond motifs is 1. The van der Waals surface area contributed by atoms with Gasteiger partial charge in [0.2, 0.25) is 5.91 Å². The molecule has 2 rings (SSSR count). The molecule has 1 amide bonds. The Bertz CT molecular complexity index is 745. The number of hydrogen-bond acceptors (Lipinski definition) is 5. The first kappa shape index (κ1) is 20.3. The van der Waals surface area contributed by atoms with Crippen LogP contribution in [0.25, 0.3) is 10.8 Å². The molecule has 0 fully saturated rings. The molecule has 5 nitrogen and oxygen atoms in total. The van der Waals surface area contributed by atoms with Gasteiger partial charge in [-0.2, -0.15) is 11.8 Å². The van der Waals surface area contributed by atoms with Crippen LogP contribution in [0.2, 0.25) is 0 Å². The first-order valence-corrected chi connectivity index (χ1v) is 10.1. The summed E-state index contributed by atoms with van der Waals surface area (Å²) in [6, 6.07) is 13.4. The van der Waals surface area contributed by atoms with Crippen molar-refractivity contribution >= 4 is 34.4 Å². The van der Waals surface area contributed by atoms with E-state index in [1.54, 1.807) is 23.6 Å². The highest BCUT2D eigenvalue weighted by Crippen LogP contribution is 2.22. The number of carbonyl (C=O) groups is 2. The zero-order chi connectivity index (χ0) is 18.9. The summed E-state index contributed by atoms with van der Waals surface area (Å²) in [5, 5.41) is 2.17. The number of rotatable bonds is 9. The van der Waals surface area contributed by atoms with Crippen molar-refractivity contribution in [2.75, 3.05) is 25.2 Å². The lowest BCUT2D eigenvalue weighted by atomic mass is 10.0. The largest absolute Gasteiger partial charge is 0.464 e. The van der Waals surface area contributed by atoms with Crippen molar-refractivity contribution in [3.05, 3.63) is 48.0 Å². The van der Waals surface area contributed by atoms with Gasteiger partial charge in [0.1, 0.15) is 6.04 Å². The number of carbonyl (C=O) groups excluding carboxylic acids is 2. The number of esters is 1. The summed E-state index contributed by atoms with van der Waals surface area (Å²) in [5.74, 6) is 0.133. The molecule has 0 radical (unpaired) electrons. The summed E-state index contributed by atoms with van der Waals surface area (Å²) in [6.07, 6.45) is 2.51. The molecule has 0 unspecified atom stereocenters. The van der Waals surface area contributed by atoms with Crippen LogP contribution in [0.5, 0.6) is 0 Å². The molecule has 2 N–H and O–H groups in total. The maximum Gasteiger partial charge on any atom is 0.328 e. The molecule has 0 bridgehead atoms. The minimum atomic E-state index is -0.627. The molecule has 26 heavy (non-hydrogen) atoms. The predicted octanol–water partition coefficient (Wildman–Crippen LogP) is 2.81. The SMILES string of the molecule is CCOC(=O)[C@H](CCSC)N(Cc1cccc2ccccc12)C(=O)CN. The Labute approximate surface area is 158 Å². The Morgan fingerprint density at radius 3 is 2.62 bits per heavy atom. The number of hydrogen-bond donors (Lipinski definition) is 1. The van der Waals surface area contributed by atoms with Crippen molar-refractivity contribution < 1.29 is 14.3 Å². The average molecular weight is 375 g/mol. The highest BCUT2D eigenvalue weighted by atomic mass is 32.2. The normalized spacial score (nSPS) is 12.0. The van der Waals surface area contributed by atoms with Crippen molar-refractivity contribution in [3.8, 4) is 0 Å². The molecular weight excluding hydrogens is 348 g/mol. The van der Waals surface area contributed by atoms with Crippen molar-refractivity contribution in [1.82, 2.24) is 4.90 Å². The van der Waals surface area contributed by atoms with Gasteiger partial charge in [-0.3, -0.25) is 4.79 Å². The van der Waals surface area contributed by atoms with Crippen LogP contribution in [-0.2, 0) is 20.9 Å². The zero-order valence-electron chi connectivity index (χ0n) is 15.3. The van der Waals surface area contributed by atoms with Crippen LogP contribution in [-0.4, -0.2) is 48.0 Å². The molecule has 1 atom stereocenters. The van der Waals surface area contributed by atoms with Crippen molar-refractivity contribution in [1.29, 1.82) is 0 Å². The highest BCUT2D eigenvalue weighted by molar-refractivity contribution is 7.98. The molecule has 0 spiro atoms. The van der Waals surface area contributed by atoms with Gasteiger partial charge in [-0.1, -0.05) is 42.5 Å². The molecule has 2 aromatic rings. The van der Waals surface area contributed by atoms with Gasteiger partial charge in [0.15, 0.2) is 0 Å². The molecule has 6 heteroatoms. The van der Waals surface area contributed by atoms with Gasteiger partial charge >= 0.3 is 5.97 Å². The molecule has 140 valence electrons. The third kappa shape index (κ3) is 4.99. The predicted molar refractivity (Wildman–Crippen MR) is 107 cm³/mol. The second-order valence-corrected chi connectivity index (χ2v) is 6.90. The first-order chi connectivity index (χ1) is 12.6. The Morgan fingerprint density at radius 1 is 1.19 bits per heavy atom. The van der Waals surface area contributed by atoms with Gasteiger partial charge in [-0.05, 0) is 41.7 Å². The van der Waals surface area contributed by atoms with Crippen LogP contribution in [0.3, 0.4) is 0 Å². The van der Waals surface area contributed by atoms with Crippen LogP contribution >= 0.6 is 11.8 Å². The molecule has 0 saturated carbocycles. The van der Waals surface area contributed by atoms with Crippen molar-refractivity contribution in [2.24, 2.45) is 5.73 Å². The second-order valence-electron chi connectivity index (χ2n) is 5.91. The molecule has 0 aliphatic heterocycles. The smallest absolute Gasteiger partial charge is 0.328 e. The number of amides is 1. The maximum atomic E-state index is 12.6. The average Bonchev–Trinajstić information content (AvgIpc) is 2.67. The van der Waals surface area contributed by atoms with E-state index >= 15 is 0 Å². The Kier molecular flexibility index (Phi) is 7.94. The summed E-state index contributed by atoms with van der Waals surface area (Å²) >= 11 is 1.63. The minimum Gasteiger partial charge on any atom is -0.464 e. The fraction of sp³-hybridized carbons (Fsp3) is 0.400. The van der Waals surface area contributed by atoms with E-state index < -0.39 is 6.04 Å². The van der Waals surface area contributed by atoms with E-state index in [1.807, 2.05) is 48.7 Å². The van der Waals surface area contributed by atoms with Gasteiger partial charge < -0.3 is 15.4 Å². The standard InChI is InChI=1S/C20H26N2O3S/c1-3-25-20(24)18(11-12-26-2)22(19(23)13-21)14-16-9-6-8-15-7-4-5-10-17(15)16/h4-10,18H,3,11-14,21H2,1-2H3/t18-/m0/s1. The van der Waals surface area contributed by atoms with E-state index in [1.165, 1.54) is 0 Å². The number of nitrogens with zero attached hydrogens (tertiary/aromatic N) is 1. The van der Waals surface area contributed by atoms with E-state index in [0.717, 1.165) is 22.1 Å². The van der Waals surface area contributed by atoms with E-state index in [-0.39, 0.29) is 25.0 Å². The van der Waals surface area contributed by atoms with Crippen LogP contribution in [0.15, 0.2) is 42.5 Å². The lowest BCUT2D eigenvalue weighted by Gasteiger charge is -2.30. The number of thioether (sulfide) groups is 1. The summed E-state index contributed by atoms with van der Waals surface area (Å²) < 4.78 is 5.22. The topological polar surface area (TPSA) is 72.6 Å². The number of nitrogens with two attached hydrogens (primary N) is 1. The lowest BCUT2D eigenvalue weighted by Crippen LogP contribution is -2.48. The monoisotopic (exact) mass is 374 g/mol. The Hall–Kier alpha value is -2.05. The first-order valence-electron chi connectivity index (χ1n) is 8.74. The van der Waals surface area contributed by atoms with E-state index in [2.05, 4.69) is 0 Å². The summed E-state index contributed by atoms with van der Waals surface area (Å²) in [5.41, 5.74) is 6.62. The minimum absolute atomic E-state index is 0.139. The van der Waals surface area contributed by atoms with E-state index in [4.69, 9.17) is 10.5 Å². The summed E-state index contributed by atoms with van der Waals surface area (Å²) in [7, 11) is 0. The van der Waals surface area contributed by atoms with Gasteiger partial charge in [-0.25, -0.2) is 4.79 Å². The maximum absolute atomic E-state index is 12.6. The molecular formula is C20H26N2O3S. The van der Waals surface area contributed by atoms with Crippen LogP contribution in [0.1, 0.15) is 18.9 Å². The Morgan fingerprint density at radius 2 is 1.92 bits per heavy atom. The quantitative estimate of drug-likeness (QED) is 0.683. The van der Waals surface area contributed by atoms with Gasteiger partial charge in [-0.15, -0.1) is 0 Å². The Balaban J connectivity index is 2.38. The van der Waals surface area contributed by atoms with Crippen molar-refractivity contribution in [2.45, 2.75) is 25.9 Å². The molecule has 0 aliphatic carbocycles. The van der Waals surface area contributed by atoms with Gasteiger partial charge in [0, 0.05) is 6.54 Å². The lowest BCUT2D eigenvalue weighted by molar-refractivity contribution is -0.155. The zero-order valence-corrected chi connectivity index (χ0v) is 16.1. The fourth-order valence-electron chi connectivity index (χ4n) is 2.97. The third-order valence-electron chi connectivity index (χ3n) is 4.25. The molecule has 0 aliphatic rings. The van der Waals surface area contributed by atoms with Gasteiger partial charge in [0.25, 0.3) is 0 Å².